The first-order valence-electron chi connectivity index (χ1n) is 8.40. The lowest BCUT2D eigenvalue weighted by atomic mass is 9.97. The second kappa shape index (κ2) is 11.0. The molecule has 1 rings (SSSR count). The number of carbonyl (C=O) groups excluding carboxylic acids is 5. The van der Waals surface area contributed by atoms with E-state index < -0.39 is 70.8 Å². The number of esters is 4. The summed E-state index contributed by atoms with van der Waals surface area (Å²) in [5, 5.41) is 2.20. The Morgan fingerprint density at radius 1 is 0.800 bits per heavy atom. The molecule has 1 aliphatic heterocycles. The van der Waals surface area contributed by atoms with Crippen LogP contribution in [0.5, 0.6) is 0 Å². The summed E-state index contributed by atoms with van der Waals surface area (Å²) in [6, 6.07) is 0. The summed E-state index contributed by atoms with van der Waals surface area (Å²) in [5.41, 5.74) is 0. The van der Waals surface area contributed by atoms with Crippen molar-refractivity contribution in [3.63, 3.8) is 0 Å². The van der Waals surface area contributed by atoms with Gasteiger partial charge in [0.1, 0.15) is 12.7 Å². The molecule has 5 atom stereocenters. The van der Waals surface area contributed by atoms with Crippen LogP contribution in [0.3, 0.4) is 0 Å². The van der Waals surface area contributed by atoms with Crippen molar-refractivity contribution in [2.45, 2.75) is 62.1 Å². The van der Waals surface area contributed by atoms with E-state index in [0.717, 1.165) is 27.7 Å². The molecule has 1 unspecified atom stereocenters. The normalized spacial score (nSPS) is 26.2. The van der Waals surface area contributed by atoms with Gasteiger partial charge in [-0.25, -0.2) is 0 Å². The van der Waals surface area contributed by atoms with Crippen LogP contribution >= 0.6 is 34.8 Å². The highest BCUT2D eigenvalue weighted by molar-refractivity contribution is 6.76. The van der Waals surface area contributed by atoms with Gasteiger partial charge in [0.2, 0.25) is 0 Å². The molecule has 0 aromatic rings. The molecule has 0 aliphatic carbocycles. The minimum Gasteiger partial charge on any atom is -0.463 e. The van der Waals surface area contributed by atoms with Gasteiger partial charge in [0, 0.05) is 27.7 Å². The molecule has 0 bridgehead atoms. The number of nitrogens with one attached hydrogen (secondary N) is 1. The van der Waals surface area contributed by atoms with Crippen LogP contribution in [-0.4, -0.2) is 70.8 Å². The van der Waals surface area contributed by atoms with E-state index in [-0.39, 0.29) is 0 Å². The predicted molar refractivity (Wildman–Crippen MR) is 100 cm³/mol. The van der Waals surface area contributed by atoms with Gasteiger partial charge < -0.3 is 29.0 Å². The van der Waals surface area contributed by atoms with Crippen molar-refractivity contribution < 1.29 is 47.7 Å². The molecule has 1 aliphatic rings. The maximum absolute atomic E-state index is 12.1. The van der Waals surface area contributed by atoms with Crippen LogP contribution < -0.4 is 5.32 Å². The van der Waals surface area contributed by atoms with Crippen LogP contribution in [0.25, 0.3) is 0 Å². The van der Waals surface area contributed by atoms with E-state index in [0.29, 0.717) is 0 Å². The van der Waals surface area contributed by atoms with Crippen molar-refractivity contribution in [2.24, 2.45) is 0 Å². The van der Waals surface area contributed by atoms with Crippen LogP contribution in [0.4, 0.5) is 0 Å². The number of alkyl halides is 3. The molecular formula is C16H20Cl3NO10. The van der Waals surface area contributed by atoms with Crippen molar-refractivity contribution in [3.8, 4) is 0 Å². The van der Waals surface area contributed by atoms with Crippen molar-refractivity contribution >= 4 is 64.6 Å². The Hall–Kier alpha value is -1.82. The van der Waals surface area contributed by atoms with Gasteiger partial charge in [-0.3, -0.25) is 24.0 Å². The van der Waals surface area contributed by atoms with Gasteiger partial charge in [-0.2, -0.15) is 0 Å². The third kappa shape index (κ3) is 8.13. The Balaban J connectivity index is 3.37. The summed E-state index contributed by atoms with van der Waals surface area (Å²) in [6.45, 7) is 3.84. The Bertz CT molecular complexity index is 695. The van der Waals surface area contributed by atoms with Gasteiger partial charge in [-0.1, -0.05) is 34.8 Å². The summed E-state index contributed by atoms with van der Waals surface area (Å²) < 4.78 is 23.6. The largest absolute Gasteiger partial charge is 0.463 e. The average Bonchev–Trinajstić information content (AvgIpc) is 2.56. The second-order valence-corrected chi connectivity index (χ2v) is 8.37. The highest BCUT2D eigenvalue weighted by Gasteiger charge is 2.53. The van der Waals surface area contributed by atoms with Crippen molar-refractivity contribution in [3.05, 3.63) is 0 Å². The minimum absolute atomic E-state index is 0.460. The zero-order chi connectivity index (χ0) is 23.2. The maximum atomic E-state index is 12.1. The van der Waals surface area contributed by atoms with E-state index in [1.54, 1.807) is 0 Å². The van der Waals surface area contributed by atoms with Crippen molar-refractivity contribution in [1.29, 1.82) is 0 Å². The molecule has 1 saturated heterocycles. The van der Waals surface area contributed by atoms with E-state index in [9.17, 15) is 24.0 Å². The molecule has 14 heteroatoms. The lowest BCUT2D eigenvalue weighted by Crippen LogP contribution is -2.66. The standard InChI is InChI=1S/C16H20Cl3NO10/c1-6(21)26-5-10-11(27-7(2)22)12(28-8(3)23)13(29-9(4)24)14(30-10)20-15(25)16(17,18)19/h10-14H,5H2,1-4H3,(H,20,25)/t10-,11-,12+,13+,14?/m1/s1. The molecule has 170 valence electrons. The summed E-state index contributed by atoms with van der Waals surface area (Å²) in [4.78, 5) is 58.2. The molecule has 0 spiro atoms. The molecule has 11 nitrogen and oxygen atoms in total. The van der Waals surface area contributed by atoms with Gasteiger partial charge in [-0.05, 0) is 0 Å². The predicted octanol–water partition coefficient (Wildman–Crippen LogP) is 0.556. The van der Waals surface area contributed by atoms with Gasteiger partial charge >= 0.3 is 23.9 Å². The van der Waals surface area contributed by atoms with Gasteiger partial charge in [0.05, 0.1) is 0 Å². The SMILES string of the molecule is CC(=O)OC[C@H]1OC(NC(=O)C(Cl)(Cl)Cl)[C@@H](OC(C)=O)[C@@H](OC(C)=O)[C@@H]1OC(C)=O. The van der Waals surface area contributed by atoms with E-state index in [1.807, 2.05) is 0 Å². The summed E-state index contributed by atoms with van der Waals surface area (Å²) in [5.74, 6) is -4.29. The first kappa shape index (κ1) is 26.2. The van der Waals surface area contributed by atoms with E-state index in [4.69, 9.17) is 58.5 Å². The Morgan fingerprint density at radius 2 is 1.27 bits per heavy atom. The van der Waals surface area contributed by atoms with Crippen LogP contribution in [0.1, 0.15) is 27.7 Å². The van der Waals surface area contributed by atoms with E-state index >= 15 is 0 Å². The fourth-order valence-corrected chi connectivity index (χ4v) is 2.72. The third-order valence-corrected chi connectivity index (χ3v) is 4.04. The molecular weight excluding hydrogens is 473 g/mol. The number of hydrogen-bond acceptors (Lipinski definition) is 10. The topological polar surface area (TPSA) is 144 Å². The van der Waals surface area contributed by atoms with Gasteiger partial charge in [-0.15, -0.1) is 0 Å². The highest BCUT2D eigenvalue weighted by Crippen LogP contribution is 2.31. The third-order valence-electron chi connectivity index (χ3n) is 3.52. The summed E-state index contributed by atoms with van der Waals surface area (Å²) >= 11 is 16.6. The first-order valence-corrected chi connectivity index (χ1v) is 9.54. The number of rotatable bonds is 6. The number of halogens is 3. The molecule has 0 radical (unpaired) electrons. The first-order chi connectivity index (χ1) is 13.7. The summed E-state index contributed by atoms with van der Waals surface area (Å²) in [6.07, 6.45) is -7.08. The molecule has 1 fully saturated rings. The molecule has 1 N–H and O–H groups in total. The van der Waals surface area contributed by atoms with Gasteiger partial charge in [0.15, 0.2) is 24.5 Å². The summed E-state index contributed by atoms with van der Waals surface area (Å²) in [7, 11) is 0. The maximum Gasteiger partial charge on any atom is 0.303 e. The van der Waals surface area contributed by atoms with Crippen molar-refractivity contribution in [1.82, 2.24) is 5.32 Å². The van der Waals surface area contributed by atoms with Crippen LogP contribution in [-0.2, 0) is 47.7 Å². The number of amides is 1. The Morgan fingerprint density at radius 3 is 1.70 bits per heavy atom. The van der Waals surface area contributed by atoms with E-state index in [1.165, 1.54) is 0 Å². The molecule has 0 aromatic carbocycles. The smallest absolute Gasteiger partial charge is 0.303 e. The minimum atomic E-state index is -2.40. The lowest BCUT2D eigenvalue weighted by molar-refractivity contribution is -0.256. The Kier molecular flexibility index (Phi) is 9.60. The highest BCUT2D eigenvalue weighted by atomic mass is 35.6. The fourth-order valence-electron chi connectivity index (χ4n) is 2.56. The monoisotopic (exact) mass is 491 g/mol. The lowest BCUT2D eigenvalue weighted by Gasteiger charge is -2.44. The molecule has 0 saturated carbocycles. The second-order valence-electron chi connectivity index (χ2n) is 6.09. The van der Waals surface area contributed by atoms with E-state index in [2.05, 4.69) is 5.32 Å². The molecule has 0 aromatic heterocycles. The molecule has 1 amide bonds. The fraction of sp³-hybridized carbons (Fsp3) is 0.688. The number of carbonyl (C=O) groups is 5. The van der Waals surface area contributed by atoms with Crippen LogP contribution in [0, 0.1) is 0 Å². The molecule has 1 heterocycles. The zero-order valence-corrected chi connectivity index (χ0v) is 18.6. The Labute approximate surface area is 186 Å². The number of hydrogen-bond donors (Lipinski definition) is 1. The quantitative estimate of drug-likeness (QED) is 0.317. The van der Waals surface area contributed by atoms with Crippen LogP contribution in [0.2, 0.25) is 0 Å². The van der Waals surface area contributed by atoms with Crippen molar-refractivity contribution in [2.75, 3.05) is 6.61 Å². The van der Waals surface area contributed by atoms with Gasteiger partial charge in [0.25, 0.3) is 9.70 Å². The van der Waals surface area contributed by atoms with Crippen LogP contribution in [0.15, 0.2) is 0 Å². The average molecular weight is 493 g/mol. The number of ether oxygens (including phenoxy) is 5. The molecule has 30 heavy (non-hydrogen) atoms. The zero-order valence-electron chi connectivity index (χ0n) is 16.3.